The van der Waals surface area contributed by atoms with Crippen LogP contribution in [0, 0.1) is 6.92 Å². The van der Waals surface area contributed by atoms with E-state index in [9.17, 15) is 4.79 Å². The molecule has 3 nitrogen and oxygen atoms in total. The fourth-order valence-corrected chi connectivity index (χ4v) is 1.18. The van der Waals surface area contributed by atoms with E-state index in [1.54, 1.807) is 6.92 Å². The number of hydrogen-bond acceptors (Lipinski definition) is 3. The highest BCUT2D eigenvalue weighted by atomic mass is 16.5. The Hall–Kier alpha value is -1.51. The van der Waals surface area contributed by atoms with Gasteiger partial charge < -0.3 is 9.15 Å². The van der Waals surface area contributed by atoms with E-state index in [4.69, 9.17) is 9.15 Å². The van der Waals surface area contributed by atoms with E-state index in [2.05, 4.69) is 0 Å². The van der Waals surface area contributed by atoms with Crippen LogP contribution >= 0.6 is 0 Å². The van der Waals surface area contributed by atoms with Gasteiger partial charge in [0.2, 0.25) is 0 Å². The summed E-state index contributed by atoms with van der Waals surface area (Å²) in [5, 5.41) is 0. The number of carbonyl (C=O) groups excluding carboxylic acids is 1. The van der Waals surface area contributed by atoms with Crippen LogP contribution < -0.4 is 0 Å². The van der Waals surface area contributed by atoms with Gasteiger partial charge in [-0.25, -0.2) is 0 Å². The van der Waals surface area contributed by atoms with E-state index in [1.807, 2.05) is 31.2 Å². The summed E-state index contributed by atoms with van der Waals surface area (Å²) in [4.78, 5) is 11.0. The zero-order valence-corrected chi connectivity index (χ0v) is 9.16. The van der Waals surface area contributed by atoms with Gasteiger partial charge in [-0.05, 0) is 38.5 Å². The molecular formula is C12H16O3. The number of allylic oxidation sites excluding steroid dienone is 1. The van der Waals surface area contributed by atoms with E-state index >= 15 is 0 Å². The maximum absolute atomic E-state index is 11.0. The molecule has 0 bridgehead atoms. The second-order valence-electron chi connectivity index (χ2n) is 3.19. The van der Waals surface area contributed by atoms with Gasteiger partial charge in [-0.15, -0.1) is 0 Å². The van der Waals surface area contributed by atoms with Crippen molar-refractivity contribution in [2.24, 2.45) is 0 Å². The number of ether oxygens (including phenoxy) is 1. The molecule has 0 fully saturated rings. The first-order valence-corrected chi connectivity index (χ1v) is 5.11. The van der Waals surface area contributed by atoms with Gasteiger partial charge in [0.15, 0.2) is 0 Å². The van der Waals surface area contributed by atoms with E-state index < -0.39 is 0 Å². The number of esters is 1. The summed E-state index contributed by atoms with van der Waals surface area (Å²) in [6.45, 7) is 4.15. The molecule has 1 aromatic heterocycles. The standard InChI is InChI=1S/C12H16O3/c1-3-14-12(13)7-5-4-6-11-9-8-10(2)15-11/h4,6,8-9H,3,5,7H2,1-2H3/b6-4+. The lowest BCUT2D eigenvalue weighted by molar-refractivity contribution is -0.142. The third kappa shape index (κ3) is 4.49. The smallest absolute Gasteiger partial charge is 0.306 e. The predicted molar refractivity (Wildman–Crippen MR) is 58.3 cm³/mol. The molecule has 1 rings (SSSR count). The van der Waals surface area contributed by atoms with Crippen LogP contribution in [0.25, 0.3) is 6.08 Å². The molecule has 0 aliphatic rings. The second kappa shape index (κ2) is 6.06. The highest BCUT2D eigenvalue weighted by Crippen LogP contribution is 2.08. The van der Waals surface area contributed by atoms with Gasteiger partial charge in [-0.2, -0.15) is 0 Å². The fourth-order valence-electron chi connectivity index (χ4n) is 1.18. The normalized spacial score (nSPS) is 10.8. The van der Waals surface area contributed by atoms with Gasteiger partial charge in [0.1, 0.15) is 11.5 Å². The first kappa shape index (κ1) is 11.6. The van der Waals surface area contributed by atoms with Gasteiger partial charge in [0, 0.05) is 6.42 Å². The summed E-state index contributed by atoms with van der Waals surface area (Å²) < 4.78 is 10.1. The van der Waals surface area contributed by atoms with Crippen LogP contribution in [0.2, 0.25) is 0 Å². The summed E-state index contributed by atoms with van der Waals surface area (Å²) in [6.07, 6.45) is 4.88. The highest BCUT2D eigenvalue weighted by molar-refractivity contribution is 5.69. The molecule has 0 atom stereocenters. The Morgan fingerprint density at radius 1 is 1.53 bits per heavy atom. The number of carbonyl (C=O) groups is 1. The summed E-state index contributed by atoms with van der Waals surface area (Å²) in [6, 6.07) is 3.81. The maximum atomic E-state index is 11.0. The molecule has 0 aliphatic heterocycles. The third-order valence-electron chi connectivity index (χ3n) is 1.86. The molecule has 0 spiro atoms. The average molecular weight is 208 g/mol. The van der Waals surface area contributed by atoms with Crippen LogP contribution in [-0.4, -0.2) is 12.6 Å². The van der Waals surface area contributed by atoms with Crippen molar-refractivity contribution in [2.75, 3.05) is 6.61 Å². The van der Waals surface area contributed by atoms with Crippen LogP contribution in [0.5, 0.6) is 0 Å². The zero-order valence-electron chi connectivity index (χ0n) is 9.16. The maximum Gasteiger partial charge on any atom is 0.306 e. The van der Waals surface area contributed by atoms with Crippen LogP contribution in [0.3, 0.4) is 0 Å². The van der Waals surface area contributed by atoms with Gasteiger partial charge in [0.05, 0.1) is 6.61 Å². The van der Waals surface area contributed by atoms with Gasteiger partial charge in [-0.1, -0.05) is 6.08 Å². The minimum Gasteiger partial charge on any atom is -0.466 e. The number of aryl methyl sites for hydroxylation is 1. The topological polar surface area (TPSA) is 39.4 Å². The zero-order chi connectivity index (χ0) is 11.1. The van der Waals surface area contributed by atoms with Crippen molar-refractivity contribution < 1.29 is 13.9 Å². The summed E-state index contributed by atoms with van der Waals surface area (Å²) in [5.74, 6) is 1.55. The molecule has 0 N–H and O–H groups in total. The molecule has 0 radical (unpaired) electrons. The number of rotatable bonds is 5. The Morgan fingerprint density at radius 2 is 2.33 bits per heavy atom. The predicted octanol–water partition coefficient (Wildman–Crippen LogP) is 2.94. The fraction of sp³-hybridized carbons (Fsp3) is 0.417. The Labute approximate surface area is 89.7 Å². The summed E-state index contributed by atoms with van der Waals surface area (Å²) in [7, 11) is 0. The molecule has 82 valence electrons. The molecule has 3 heteroatoms. The van der Waals surface area contributed by atoms with E-state index in [1.165, 1.54) is 0 Å². The van der Waals surface area contributed by atoms with Crippen LogP contribution in [0.1, 0.15) is 31.3 Å². The van der Waals surface area contributed by atoms with Gasteiger partial charge >= 0.3 is 5.97 Å². The average Bonchev–Trinajstić information content (AvgIpc) is 2.60. The monoisotopic (exact) mass is 208 g/mol. The molecule has 0 saturated heterocycles. The third-order valence-corrected chi connectivity index (χ3v) is 1.86. The Bertz CT molecular complexity index is 336. The Kier molecular flexibility index (Phi) is 4.68. The molecule has 0 aromatic carbocycles. The molecule has 1 heterocycles. The summed E-state index contributed by atoms with van der Waals surface area (Å²) >= 11 is 0. The van der Waals surface area contributed by atoms with Crippen molar-refractivity contribution in [3.63, 3.8) is 0 Å². The molecular weight excluding hydrogens is 192 g/mol. The van der Waals surface area contributed by atoms with Gasteiger partial charge in [0.25, 0.3) is 0 Å². The van der Waals surface area contributed by atoms with Gasteiger partial charge in [-0.3, -0.25) is 4.79 Å². The first-order valence-electron chi connectivity index (χ1n) is 5.11. The second-order valence-corrected chi connectivity index (χ2v) is 3.19. The lowest BCUT2D eigenvalue weighted by Crippen LogP contribution is -2.02. The SMILES string of the molecule is CCOC(=O)CC/C=C/c1ccc(C)o1. The molecule has 0 unspecified atom stereocenters. The first-order chi connectivity index (χ1) is 7.22. The quantitative estimate of drug-likeness (QED) is 0.698. The Balaban J connectivity index is 2.25. The molecule has 15 heavy (non-hydrogen) atoms. The Morgan fingerprint density at radius 3 is 2.93 bits per heavy atom. The van der Waals surface area contributed by atoms with Crippen molar-refractivity contribution in [1.29, 1.82) is 0 Å². The van der Waals surface area contributed by atoms with Crippen molar-refractivity contribution in [3.8, 4) is 0 Å². The number of furan rings is 1. The van der Waals surface area contributed by atoms with Crippen molar-refractivity contribution in [1.82, 2.24) is 0 Å². The molecule has 0 amide bonds. The lowest BCUT2D eigenvalue weighted by atomic mass is 10.3. The highest BCUT2D eigenvalue weighted by Gasteiger charge is 1.98. The van der Waals surface area contributed by atoms with Crippen molar-refractivity contribution >= 4 is 12.0 Å². The van der Waals surface area contributed by atoms with Crippen molar-refractivity contribution in [2.45, 2.75) is 26.7 Å². The van der Waals surface area contributed by atoms with Crippen LogP contribution in [0.15, 0.2) is 22.6 Å². The largest absolute Gasteiger partial charge is 0.466 e. The molecule has 0 aliphatic carbocycles. The summed E-state index contributed by atoms with van der Waals surface area (Å²) in [5.41, 5.74) is 0. The van der Waals surface area contributed by atoms with E-state index in [0.29, 0.717) is 19.4 Å². The van der Waals surface area contributed by atoms with E-state index in [-0.39, 0.29) is 5.97 Å². The molecule has 0 saturated carbocycles. The minimum atomic E-state index is -0.155. The van der Waals surface area contributed by atoms with Crippen LogP contribution in [0.4, 0.5) is 0 Å². The number of hydrogen-bond donors (Lipinski definition) is 0. The van der Waals surface area contributed by atoms with Crippen LogP contribution in [-0.2, 0) is 9.53 Å². The van der Waals surface area contributed by atoms with Crippen molar-refractivity contribution in [3.05, 3.63) is 29.7 Å². The molecule has 1 aromatic rings. The van der Waals surface area contributed by atoms with E-state index in [0.717, 1.165) is 11.5 Å². The lowest BCUT2D eigenvalue weighted by Gasteiger charge is -1.97. The minimum absolute atomic E-state index is 0.155.